The molecule has 0 spiro atoms. The third-order valence-electron chi connectivity index (χ3n) is 6.01. The summed E-state index contributed by atoms with van der Waals surface area (Å²) in [5.41, 5.74) is 9.62. The Morgan fingerprint density at radius 3 is 2.12 bits per heavy atom. The van der Waals surface area contributed by atoms with Gasteiger partial charge in [0.1, 0.15) is 11.5 Å². The van der Waals surface area contributed by atoms with Crippen LogP contribution < -0.4 is 0 Å². The van der Waals surface area contributed by atoms with E-state index in [2.05, 4.69) is 90.3 Å². The lowest BCUT2D eigenvalue weighted by Crippen LogP contribution is -2.12. The molecule has 3 aromatic carbocycles. The van der Waals surface area contributed by atoms with Crippen LogP contribution in [0.1, 0.15) is 16.7 Å². The van der Waals surface area contributed by atoms with E-state index in [0.717, 1.165) is 50.7 Å². The number of hydrogen-bond donors (Lipinski definition) is 0. The monoisotopic (exact) mass is 411 g/mol. The molecule has 1 aliphatic heterocycles. The highest BCUT2D eigenvalue weighted by molar-refractivity contribution is 6.57. The number of aryl methyl sites for hydroxylation is 1. The number of aliphatic imine (C=N–C) groups is 2. The molecule has 3 heterocycles. The lowest BCUT2D eigenvalue weighted by atomic mass is 10.0. The molecule has 0 bridgehead atoms. The topological polar surface area (TPSA) is 29.1 Å². The predicted molar refractivity (Wildman–Crippen MR) is 133 cm³/mol. The Kier molecular flexibility index (Phi) is 4.32. The third kappa shape index (κ3) is 2.90. The maximum Gasteiger partial charge on any atom is 0.146 e. The third-order valence-corrected chi connectivity index (χ3v) is 6.01. The lowest BCUT2D eigenvalue weighted by Gasteiger charge is -2.08. The molecule has 152 valence electrons. The minimum Gasteiger partial charge on any atom is -0.301 e. The van der Waals surface area contributed by atoms with Crippen molar-refractivity contribution in [2.45, 2.75) is 6.92 Å². The molecule has 32 heavy (non-hydrogen) atoms. The van der Waals surface area contributed by atoms with E-state index in [0.29, 0.717) is 0 Å². The van der Waals surface area contributed by atoms with E-state index in [9.17, 15) is 0 Å². The summed E-state index contributed by atoms with van der Waals surface area (Å²) in [7, 11) is 0. The molecule has 0 N–H and O–H groups in total. The highest BCUT2D eigenvalue weighted by atomic mass is 15.0. The Balaban J connectivity index is 1.66. The molecule has 0 saturated carbocycles. The zero-order valence-corrected chi connectivity index (χ0v) is 17.7. The van der Waals surface area contributed by atoms with Gasteiger partial charge >= 0.3 is 0 Å². The van der Waals surface area contributed by atoms with Crippen LogP contribution in [0, 0.1) is 6.92 Å². The van der Waals surface area contributed by atoms with E-state index in [-0.39, 0.29) is 0 Å². The fraction of sp³-hybridized carbons (Fsp3) is 0.0345. The van der Waals surface area contributed by atoms with Crippen LogP contribution in [0.4, 0.5) is 11.5 Å². The van der Waals surface area contributed by atoms with Gasteiger partial charge in [-0.3, -0.25) is 0 Å². The first-order valence-corrected chi connectivity index (χ1v) is 10.8. The number of rotatable bonds is 3. The second-order valence-electron chi connectivity index (χ2n) is 7.95. The van der Waals surface area contributed by atoms with Gasteiger partial charge in [0.25, 0.3) is 0 Å². The van der Waals surface area contributed by atoms with Crippen LogP contribution in [0.3, 0.4) is 0 Å². The first kappa shape index (κ1) is 18.5. The molecule has 3 heteroatoms. The molecule has 6 rings (SSSR count). The summed E-state index contributed by atoms with van der Waals surface area (Å²) in [5.74, 6) is 0.930. The van der Waals surface area contributed by atoms with Crippen molar-refractivity contribution in [2.24, 2.45) is 9.98 Å². The molecule has 0 unspecified atom stereocenters. The molecule has 1 aliphatic rings. The van der Waals surface area contributed by atoms with E-state index < -0.39 is 0 Å². The molecule has 0 radical (unpaired) electrons. The number of benzene rings is 3. The molecule has 0 amide bonds. The maximum absolute atomic E-state index is 5.33. The SMILES string of the molecule is Cc1c(-c2ccccc2)c(N=C2C(c3ccccc3)=Nc3ccccc32)n2ccccc12. The predicted octanol–water partition coefficient (Wildman–Crippen LogP) is 7.17. The Hall–Kier alpha value is -4.24. The Morgan fingerprint density at radius 1 is 0.688 bits per heavy atom. The van der Waals surface area contributed by atoms with E-state index >= 15 is 0 Å². The summed E-state index contributed by atoms with van der Waals surface area (Å²) in [6, 6.07) is 35.4. The standard InChI is InChI=1S/C29H21N3/c1-20-25-18-10-11-19-32(25)29(26(20)21-12-4-2-5-13-21)31-28-23-16-8-9-17-24(23)30-27(28)22-14-6-3-7-15-22/h2-19H,1H3. The van der Waals surface area contributed by atoms with Crippen LogP contribution in [0.2, 0.25) is 0 Å². The highest BCUT2D eigenvalue weighted by Crippen LogP contribution is 2.40. The van der Waals surface area contributed by atoms with Crippen molar-refractivity contribution in [1.29, 1.82) is 0 Å². The quantitative estimate of drug-likeness (QED) is 0.301. The number of fused-ring (bicyclic) bond motifs is 2. The average molecular weight is 412 g/mol. The van der Waals surface area contributed by atoms with Crippen LogP contribution >= 0.6 is 0 Å². The number of para-hydroxylation sites is 1. The van der Waals surface area contributed by atoms with Crippen molar-refractivity contribution < 1.29 is 0 Å². The van der Waals surface area contributed by atoms with Crippen LogP contribution in [0.25, 0.3) is 16.6 Å². The normalized spacial score (nSPS) is 14.0. The minimum absolute atomic E-state index is 0.909. The smallest absolute Gasteiger partial charge is 0.146 e. The number of hydrogen-bond acceptors (Lipinski definition) is 2. The van der Waals surface area contributed by atoms with Crippen molar-refractivity contribution in [1.82, 2.24) is 4.40 Å². The van der Waals surface area contributed by atoms with Crippen molar-refractivity contribution >= 4 is 28.4 Å². The maximum atomic E-state index is 5.33. The van der Waals surface area contributed by atoms with Crippen LogP contribution in [-0.2, 0) is 0 Å². The molecule has 2 aromatic heterocycles. The molecule has 0 aliphatic carbocycles. The average Bonchev–Trinajstić information content (AvgIpc) is 3.36. The van der Waals surface area contributed by atoms with Crippen LogP contribution in [0.5, 0.6) is 0 Å². The Bertz CT molecular complexity index is 1510. The van der Waals surface area contributed by atoms with E-state index in [1.165, 1.54) is 5.56 Å². The van der Waals surface area contributed by atoms with Gasteiger partial charge in [0.05, 0.1) is 16.9 Å². The zero-order chi connectivity index (χ0) is 21.5. The summed E-state index contributed by atoms with van der Waals surface area (Å²) in [4.78, 5) is 10.3. The number of aromatic nitrogens is 1. The number of pyridine rings is 1. The summed E-state index contributed by atoms with van der Waals surface area (Å²) in [6.45, 7) is 2.18. The van der Waals surface area contributed by atoms with Gasteiger partial charge < -0.3 is 4.40 Å². The highest BCUT2D eigenvalue weighted by Gasteiger charge is 2.25. The first-order valence-electron chi connectivity index (χ1n) is 10.8. The molecule has 0 fully saturated rings. The van der Waals surface area contributed by atoms with E-state index in [1.54, 1.807) is 0 Å². The Morgan fingerprint density at radius 2 is 1.34 bits per heavy atom. The lowest BCUT2D eigenvalue weighted by molar-refractivity contribution is 1.17. The molecule has 3 nitrogen and oxygen atoms in total. The molecular weight excluding hydrogens is 390 g/mol. The van der Waals surface area contributed by atoms with Crippen molar-refractivity contribution in [3.05, 3.63) is 126 Å². The summed E-state index contributed by atoms with van der Waals surface area (Å²) in [5, 5.41) is 0. The van der Waals surface area contributed by atoms with Gasteiger partial charge in [-0.15, -0.1) is 0 Å². The van der Waals surface area contributed by atoms with E-state index in [4.69, 9.17) is 9.98 Å². The second-order valence-corrected chi connectivity index (χ2v) is 7.95. The van der Waals surface area contributed by atoms with Crippen molar-refractivity contribution in [3.8, 4) is 11.1 Å². The Labute approximate surface area is 187 Å². The van der Waals surface area contributed by atoms with E-state index in [1.807, 2.05) is 30.3 Å². The van der Waals surface area contributed by atoms with Gasteiger partial charge in [0, 0.05) is 22.9 Å². The first-order chi connectivity index (χ1) is 15.8. The fourth-order valence-corrected chi connectivity index (χ4v) is 4.50. The molecular formula is C29H21N3. The minimum atomic E-state index is 0.909. The van der Waals surface area contributed by atoms with Crippen molar-refractivity contribution in [2.75, 3.05) is 0 Å². The van der Waals surface area contributed by atoms with Gasteiger partial charge in [-0.05, 0) is 36.2 Å². The summed E-state index contributed by atoms with van der Waals surface area (Å²) >= 11 is 0. The molecule has 5 aromatic rings. The van der Waals surface area contributed by atoms with Gasteiger partial charge in [0.15, 0.2) is 0 Å². The molecule has 0 atom stereocenters. The molecule has 0 saturated heterocycles. The van der Waals surface area contributed by atoms with Gasteiger partial charge in [0.2, 0.25) is 0 Å². The van der Waals surface area contributed by atoms with Crippen LogP contribution in [-0.4, -0.2) is 15.8 Å². The largest absolute Gasteiger partial charge is 0.301 e. The van der Waals surface area contributed by atoms with Gasteiger partial charge in [-0.25, -0.2) is 9.98 Å². The summed E-state index contributed by atoms with van der Waals surface area (Å²) < 4.78 is 2.19. The van der Waals surface area contributed by atoms with Gasteiger partial charge in [-0.1, -0.05) is 84.9 Å². The summed E-state index contributed by atoms with van der Waals surface area (Å²) in [6.07, 6.45) is 2.09. The fourth-order valence-electron chi connectivity index (χ4n) is 4.50. The van der Waals surface area contributed by atoms with Crippen molar-refractivity contribution in [3.63, 3.8) is 0 Å². The zero-order valence-electron chi connectivity index (χ0n) is 17.7. The van der Waals surface area contributed by atoms with Crippen LogP contribution in [0.15, 0.2) is 119 Å². The second kappa shape index (κ2) is 7.47. The number of nitrogens with zero attached hydrogens (tertiary/aromatic N) is 3. The van der Waals surface area contributed by atoms with Gasteiger partial charge in [-0.2, -0.15) is 0 Å².